The van der Waals surface area contributed by atoms with Crippen LogP contribution in [-0.4, -0.2) is 20.4 Å². The Balaban J connectivity index is 1.51. The largest absolute Gasteiger partial charge is 0.361 e. The first-order valence-electron chi connectivity index (χ1n) is 7.46. The molecular weight excluding hydrogens is 288 g/mol. The summed E-state index contributed by atoms with van der Waals surface area (Å²) in [5, 5.41) is 4.05. The number of benzene rings is 2. The molecular formula is C18H16N4O. The maximum absolute atomic E-state index is 12.3. The summed E-state index contributed by atoms with van der Waals surface area (Å²) < 4.78 is 1.95. The van der Waals surface area contributed by atoms with Gasteiger partial charge in [0.25, 0.3) is 0 Å². The Kier molecular flexibility index (Phi) is 3.12. The number of aryl methyl sites for hydroxylation is 1. The van der Waals surface area contributed by atoms with E-state index in [1.807, 2.05) is 60.3 Å². The van der Waals surface area contributed by atoms with E-state index in [4.69, 9.17) is 0 Å². The van der Waals surface area contributed by atoms with E-state index in [1.54, 1.807) is 6.33 Å². The van der Waals surface area contributed by atoms with Crippen molar-refractivity contribution in [3.05, 3.63) is 60.6 Å². The summed E-state index contributed by atoms with van der Waals surface area (Å²) in [6, 6.07) is 13.8. The van der Waals surface area contributed by atoms with Crippen molar-refractivity contribution in [2.75, 3.05) is 5.32 Å². The normalized spacial score (nSPS) is 11.2. The SMILES string of the molecule is Cn1cnc2cc(NC(=O)Cc3ccc4[nH]ccc4c3)ccc21. The molecule has 0 aliphatic carbocycles. The lowest BCUT2D eigenvalue weighted by Gasteiger charge is -2.06. The van der Waals surface area contributed by atoms with Crippen molar-refractivity contribution < 1.29 is 4.79 Å². The molecule has 0 unspecified atom stereocenters. The number of H-pyrrole nitrogens is 1. The number of nitrogens with zero attached hydrogens (tertiary/aromatic N) is 2. The molecule has 23 heavy (non-hydrogen) atoms. The lowest BCUT2D eigenvalue weighted by atomic mass is 10.1. The predicted molar refractivity (Wildman–Crippen MR) is 91.3 cm³/mol. The summed E-state index contributed by atoms with van der Waals surface area (Å²) in [6.45, 7) is 0. The Morgan fingerprint density at radius 3 is 3.04 bits per heavy atom. The maximum Gasteiger partial charge on any atom is 0.228 e. The Morgan fingerprint density at radius 1 is 1.22 bits per heavy atom. The summed E-state index contributed by atoms with van der Waals surface area (Å²) >= 11 is 0. The summed E-state index contributed by atoms with van der Waals surface area (Å²) in [5.41, 5.74) is 4.76. The Bertz CT molecular complexity index is 1010. The van der Waals surface area contributed by atoms with Crippen molar-refractivity contribution in [2.24, 2.45) is 7.05 Å². The fraction of sp³-hybridized carbons (Fsp3) is 0.111. The van der Waals surface area contributed by atoms with Gasteiger partial charge in [-0.15, -0.1) is 0 Å². The van der Waals surface area contributed by atoms with Crippen LogP contribution in [0.15, 0.2) is 55.0 Å². The number of imidazole rings is 1. The second kappa shape index (κ2) is 5.28. The number of aromatic nitrogens is 3. The van der Waals surface area contributed by atoms with Crippen LogP contribution < -0.4 is 5.32 Å². The summed E-state index contributed by atoms with van der Waals surface area (Å²) in [7, 11) is 1.95. The van der Waals surface area contributed by atoms with Crippen LogP contribution >= 0.6 is 0 Å². The minimum absolute atomic E-state index is 0.0323. The molecule has 5 nitrogen and oxygen atoms in total. The topological polar surface area (TPSA) is 62.7 Å². The van der Waals surface area contributed by atoms with E-state index >= 15 is 0 Å². The van der Waals surface area contributed by atoms with Gasteiger partial charge < -0.3 is 14.9 Å². The molecule has 0 spiro atoms. The Labute approximate surface area is 133 Å². The van der Waals surface area contributed by atoms with Gasteiger partial charge in [0.05, 0.1) is 23.8 Å². The van der Waals surface area contributed by atoms with Crippen LogP contribution in [0.1, 0.15) is 5.56 Å². The van der Waals surface area contributed by atoms with Crippen LogP contribution in [0.25, 0.3) is 21.9 Å². The second-order valence-electron chi connectivity index (χ2n) is 5.68. The second-order valence-corrected chi connectivity index (χ2v) is 5.68. The van der Waals surface area contributed by atoms with Gasteiger partial charge in [-0.1, -0.05) is 6.07 Å². The van der Waals surface area contributed by atoms with Gasteiger partial charge in [-0.3, -0.25) is 4.79 Å². The average molecular weight is 304 g/mol. The number of anilines is 1. The minimum atomic E-state index is -0.0323. The van der Waals surface area contributed by atoms with Gasteiger partial charge in [0.15, 0.2) is 0 Å². The molecule has 2 aromatic carbocycles. The third kappa shape index (κ3) is 2.57. The molecule has 4 rings (SSSR count). The summed E-state index contributed by atoms with van der Waals surface area (Å²) in [6.07, 6.45) is 4.01. The summed E-state index contributed by atoms with van der Waals surface area (Å²) in [4.78, 5) is 19.7. The highest BCUT2D eigenvalue weighted by Crippen LogP contribution is 2.18. The molecule has 2 heterocycles. The van der Waals surface area contributed by atoms with Gasteiger partial charge in [-0.2, -0.15) is 0 Å². The van der Waals surface area contributed by atoms with Gasteiger partial charge in [0.2, 0.25) is 5.91 Å². The highest BCUT2D eigenvalue weighted by Gasteiger charge is 2.07. The molecule has 1 amide bonds. The molecule has 4 aromatic rings. The van der Waals surface area contributed by atoms with E-state index in [0.717, 1.165) is 33.2 Å². The minimum Gasteiger partial charge on any atom is -0.361 e. The molecule has 2 N–H and O–H groups in total. The van der Waals surface area contributed by atoms with Gasteiger partial charge in [-0.25, -0.2) is 4.98 Å². The number of nitrogens with one attached hydrogen (secondary N) is 2. The van der Waals surface area contributed by atoms with Crippen LogP contribution in [0.3, 0.4) is 0 Å². The smallest absolute Gasteiger partial charge is 0.228 e. The average Bonchev–Trinajstić information content (AvgIpc) is 3.13. The number of rotatable bonds is 3. The number of aromatic amines is 1. The molecule has 0 radical (unpaired) electrons. The number of carbonyl (C=O) groups excluding carboxylic acids is 1. The van der Waals surface area contributed by atoms with Crippen molar-refractivity contribution >= 4 is 33.5 Å². The fourth-order valence-corrected chi connectivity index (χ4v) is 2.82. The number of hydrogen-bond donors (Lipinski definition) is 2. The third-order valence-electron chi connectivity index (χ3n) is 3.99. The number of fused-ring (bicyclic) bond motifs is 2. The van der Waals surface area contributed by atoms with Crippen molar-refractivity contribution in [3.8, 4) is 0 Å². The van der Waals surface area contributed by atoms with Crippen LogP contribution in [-0.2, 0) is 18.3 Å². The molecule has 0 bridgehead atoms. The molecule has 0 fully saturated rings. The van der Waals surface area contributed by atoms with Crippen molar-refractivity contribution in [1.82, 2.24) is 14.5 Å². The molecule has 0 aliphatic rings. The zero-order valence-corrected chi connectivity index (χ0v) is 12.7. The molecule has 0 aliphatic heterocycles. The van der Waals surface area contributed by atoms with Crippen molar-refractivity contribution in [3.63, 3.8) is 0 Å². The fourth-order valence-electron chi connectivity index (χ4n) is 2.82. The Morgan fingerprint density at radius 2 is 2.13 bits per heavy atom. The van der Waals surface area contributed by atoms with Crippen LogP contribution in [0, 0.1) is 0 Å². The van der Waals surface area contributed by atoms with E-state index in [9.17, 15) is 4.79 Å². The molecule has 2 aromatic heterocycles. The standard InChI is InChI=1S/C18H16N4O/c1-22-11-20-16-10-14(3-5-17(16)22)21-18(23)9-12-2-4-15-13(8-12)6-7-19-15/h2-8,10-11,19H,9H2,1H3,(H,21,23). The first-order chi connectivity index (χ1) is 11.2. The highest BCUT2D eigenvalue weighted by atomic mass is 16.1. The van der Waals surface area contributed by atoms with Crippen LogP contribution in [0.2, 0.25) is 0 Å². The molecule has 5 heteroatoms. The van der Waals surface area contributed by atoms with Crippen molar-refractivity contribution in [2.45, 2.75) is 6.42 Å². The monoisotopic (exact) mass is 304 g/mol. The quantitative estimate of drug-likeness (QED) is 0.610. The molecule has 0 atom stereocenters. The molecule has 114 valence electrons. The van der Waals surface area contributed by atoms with E-state index in [-0.39, 0.29) is 5.91 Å². The summed E-state index contributed by atoms with van der Waals surface area (Å²) in [5.74, 6) is -0.0323. The van der Waals surface area contributed by atoms with Gasteiger partial charge in [-0.05, 0) is 47.3 Å². The first kappa shape index (κ1) is 13.6. The van der Waals surface area contributed by atoms with Crippen LogP contribution in [0.4, 0.5) is 5.69 Å². The van der Waals surface area contributed by atoms with E-state index in [0.29, 0.717) is 6.42 Å². The van der Waals surface area contributed by atoms with Gasteiger partial charge in [0.1, 0.15) is 0 Å². The number of amides is 1. The van der Waals surface area contributed by atoms with E-state index in [2.05, 4.69) is 15.3 Å². The predicted octanol–water partition coefficient (Wildman–Crippen LogP) is 3.24. The number of hydrogen-bond acceptors (Lipinski definition) is 2. The lowest BCUT2D eigenvalue weighted by molar-refractivity contribution is -0.115. The van der Waals surface area contributed by atoms with Crippen LogP contribution in [0.5, 0.6) is 0 Å². The maximum atomic E-state index is 12.3. The van der Waals surface area contributed by atoms with E-state index < -0.39 is 0 Å². The Hall–Kier alpha value is -3.08. The van der Waals surface area contributed by atoms with E-state index in [1.165, 1.54) is 0 Å². The third-order valence-corrected chi connectivity index (χ3v) is 3.99. The molecule has 0 saturated heterocycles. The lowest BCUT2D eigenvalue weighted by Crippen LogP contribution is -2.14. The zero-order chi connectivity index (χ0) is 15.8. The van der Waals surface area contributed by atoms with Gasteiger partial charge in [0, 0.05) is 24.4 Å². The first-order valence-corrected chi connectivity index (χ1v) is 7.46. The molecule has 0 saturated carbocycles. The van der Waals surface area contributed by atoms with Gasteiger partial charge >= 0.3 is 0 Å². The number of carbonyl (C=O) groups is 1. The van der Waals surface area contributed by atoms with Crippen molar-refractivity contribution in [1.29, 1.82) is 0 Å². The zero-order valence-electron chi connectivity index (χ0n) is 12.7. The highest BCUT2D eigenvalue weighted by molar-refractivity contribution is 5.94.